The van der Waals surface area contributed by atoms with E-state index < -0.39 is 0 Å². The van der Waals surface area contributed by atoms with E-state index in [-0.39, 0.29) is 5.41 Å². The highest BCUT2D eigenvalue weighted by atomic mass is 14.6. The van der Waals surface area contributed by atoms with Crippen LogP contribution in [0.5, 0.6) is 0 Å². The molecule has 0 unspecified atom stereocenters. The molecule has 0 amide bonds. The Balaban J connectivity index is 2.46. The molecule has 15 heavy (non-hydrogen) atoms. The zero-order valence-electron chi connectivity index (χ0n) is 10.2. The standard InChI is InChI=1S/C14H21N/c1-13(2,3)10-7-11(9-12(15)8-10)14(4)5-6-14/h7-9H,5-6,15H2,1-4H3. The fourth-order valence-corrected chi connectivity index (χ4v) is 1.91. The van der Waals surface area contributed by atoms with Crippen LogP contribution in [-0.2, 0) is 10.8 Å². The summed E-state index contributed by atoms with van der Waals surface area (Å²) >= 11 is 0. The Hall–Kier alpha value is -0.980. The molecular formula is C14H21N. The molecule has 1 heteroatoms. The summed E-state index contributed by atoms with van der Waals surface area (Å²) in [7, 11) is 0. The molecule has 1 aromatic rings. The van der Waals surface area contributed by atoms with Crippen LogP contribution in [0.4, 0.5) is 5.69 Å². The van der Waals surface area contributed by atoms with Gasteiger partial charge in [0.2, 0.25) is 0 Å². The van der Waals surface area contributed by atoms with Crippen molar-refractivity contribution in [2.45, 2.75) is 51.4 Å². The van der Waals surface area contributed by atoms with Crippen molar-refractivity contribution in [1.29, 1.82) is 0 Å². The maximum absolute atomic E-state index is 5.98. The van der Waals surface area contributed by atoms with Gasteiger partial charge in [0.05, 0.1) is 0 Å². The molecule has 1 aromatic carbocycles. The highest BCUT2D eigenvalue weighted by Gasteiger charge is 2.39. The first kappa shape index (κ1) is 10.5. The highest BCUT2D eigenvalue weighted by molar-refractivity contribution is 5.50. The lowest BCUT2D eigenvalue weighted by molar-refractivity contribution is 0.588. The lowest BCUT2D eigenvalue weighted by Gasteiger charge is -2.22. The average Bonchev–Trinajstić information content (AvgIpc) is 2.82. The van der Waals surface area contributed by atoms with Gasteiger partial charge in [0.15, 0.2) is 0 Å². The van der Waals surface area contributed by atoms with Crippen LogP contribution in [0, 0.1) is 0 Å². The Morgan fingerprint density at radius 2 is 1.73 bits per heavy atom. The summed E-state index contributed by atoms with van der Waals surface area (Å²) in [6.07, 6.45) is 2.61. The number of nitrogen functional groups attached to an aromatic ring is 1. The average molecular weight is 203 g/mol. The van der Waals surface area contributed by atoms with Crippen LogP contribution >= 0.6 is 0 Å². The molecule has 0 radical (unpaired) electrons. The van der Waals surface area contributed by atoms with E-state index in [9.17, 15) is 0 Å². The highest BCUT2D eigenvalue weighted by Crippen LogP contribution is 2.48. The Labute approximate surface area is 92.7 Å². The van der Waals surface area contributed by atoms with Crippen molar-refractivity contribution >= 4 is 5.69 Å². The van der Waals surface area contributed by atoms with Gasteiger partial charge in [-0.3, -0.25) is 0 Å². The van der Waals surface area contributed by atoms with Gasteiger partial charge in [-0.05, 0) is 46.9 Å². The summed E-state index contributed by atoms with van der Waals surface area (Å²) < 4.78 is 0. The molecule has 0 atom stereocenters. The van der Waals surface area contributed by atoms with Gasteiger partial charge in [-0.25, -0.2) is 0 Å². The molecule has 1 aliphatic rings. The summed E-state index contributed by atoms with van der Waals surface area (Å²) in [5.74, 6) is 0. The fourth-order valence-electron chi connectivity index (χ4n) is 1.91. The van der Waals surface area contributed by atoms with Crippen molar-refractivity contribution in [3.8, 4) is 0 Å². The monoisotopic (exact) mass is 203 g/mol. The molecule has 2 N–H and O–H groups in total. The second kappa shape index (κ2) is 3.01. The summed E-state index contributed by atoms with van der Waals surface area (Å²) in [5.41, 5.74) is 10.3. The molecule has 0 spiro atoms. The van der Waals surface area contributed by atoms with Crippen LogP contribution in [0.3, 0.4) is 0 Å². The number of nitrogens with two attached hydrogens (primary N) is 1. The molecule has 2 rings (SSSR count). The summed E-state index contributed by atoms with van der Waals surface area (Å²) in [5, 5.41) is 0. The van der Waals surface area contributed by atoms with Crippen molar-refractivity contribution in [2.75, 3.05) is 5.73 Å². The third-order valence-electron chi connectivity index (χ3n) is 3.52. The first-order valence-electron chi connectivity index (χ1n) is 5.73. The van der Waals surface area contributed by atoms with E-state index in [1.807, 2.05) is 0 Å². The van der Waals surface area contributed by atoms with Gasteiger partial charge in [-0.1, -0.05) is 33.8 Å². The molecule has 1 saturated carbocycles. The van der Waals surface area contributed by atoms with Crippen molar-refractivity contribution in [1.82, 2.24) is 0 Å². The van der Waals surface area contributed by atoms with Crippen LogP contribution in [0.15, 0.2) is 18.2 Å². The van der Waals surface area contributed by atoms with Gasteiger partial charge in [0.25, 0.3) is 0 Å². The van der Waals surface area contributed by atoms with E-state index in [4.69, 9.17) is 5.73 Å². The third kappa shape index (κ3) is 2.01. The second-order valence-corrected chi connectivity index (χ2v) is 6.15. The number of rotatable bonds is 1. The van der Waals surface area contributed by atoms with Gasteiger partial charge in [-0.15, -0.1) is 0 Å². The Morgan fingerprint density at radius 1 is 1.13 bits per heavy atom. The topological polar surface area (TPSA) is 26.0 Å². The van der Waals surface area contributed by atoms with Crippen LogP contribution < -0.4 is 5.73 Å². The zero-order chi connectivity index (χ0) is 11.3. The molecule has 0 saturated heterocycles. The van der Waals surface area contributed by atoms with E-state index in [2.05, 4.69) is 45.9 Å². The van der Waals surface area contributed by atoms with Crippen LogP contribution in [0.25, 0.3) is 0 Å². The zero-order valence-corrected chi connectivity index (χ0v) is 10.2. The Morgan fingerprint density at radius 3 is 2.20 bits per heavy atom. The number of hydrogen-bond donors (Lipinski definition) is 1. The van der Waals surface area contributed by atoms with E-state index in [1.165, 1.54) is 24.0 Å². The smallest absolute Gasteiger partial charge is 0.0319 e. The molecule has 0 heterocycles. The maximum Gasteiger partial charge on any atom is 0.0319 e. The van der Waals surface area contributed by atoms with Gasteiger partial charge in [-0.2, -0.15) is 0 Å². The fraction of sp³-hybridized carbons (Fsp3) is 0.571. The van der Waals surface area contributed by atoms with Crippen LogP contribution in [0.2, 0.25) is 0 Å². The molecule has 0 bridgehead atoms. The minimum Gasteiger partial charge on any atom is -0.399 e. The number of hydrogen-bond acceptors (Lipinski definition) is 1. The van der Waals surface area contributed by atoms with Crippen LogP contribution in [0.1, 0.15) is 51.7 Å². The number of anilines is 1. The summed E-state index contributed by atoms with van der Waals surface area (Å²) in [6.45, 7) is 9.04. The molecule has 0 aliphatic heterocycles. The lowest BCUT2D eigenvalue weighted by Crippen LogP contribution is -2.13. The molecule has 0 aromatic heterocycles. The third-order valence-corrected chi connectivity index (χ3v) is 3.52. The Bertz CT molecular complexity index is 357. The summed E-state index contributed by atoms with van der Waals surface area (Å²) in [6, 6.07) is 6.58. The van der Waals surface area contributed by atoms with Crippen molar-refractivity contribution in [3.05, 3.63) is 29.3 Å². The van der Waals surface area contributed by atoms with Crippen molar-refractivity contribution < 1.29 is 0 Å². The predicted octanol–water partition coefficient (Wildman–Crippen LogP) is 3.62. The molecule has 1 nitrogen and oxygen atoms in total. The van der Waals surface area contributed by atoms with Crippen molar-refractivity contribution in [2.24, 2.45) is 0 Å². The minimum atomic E-state index is 0.190. The molecular weight excluding hydrogens is 182 g/mol. The first-order valence-corrected chi connectivity index (χ1v) is 5.73. The maximum atomic E-state index is 5.98. The second-order valence-electron chi connectivity index (χ2n) is 6.15. The minimum absolute atomic E-state index is 0.190. The van der Waals surface area contributed by atoms with E-state index in [1.54, 1.807) is 0 Å². The van der Waals surface area contributed by atoms with E-state index in [0.29, 0.717) is 5.41 Å². The summed E-state index contributed by atoms with van der Waals surface area (Å²) in [4.78, 5) is 0. The van der Waals surface area contributed by atoms with Gasteiger partial charge >= 0.3 is 0 Å². The Kier molecular flexibility index (Phi) is 2.11. The lowest BCUT2D eigenvalue weighted by atomic mass is 9.83. The van der Waals surface area contributed by atoms with Gasteiger partial charge in [0.1, 0.15) is 0 Å². The molecule has 1 fully saturated rings. The first-order chi connectivity index (χ1) is 6.81. The quantitative estimate of drug-likeness (QED) is 0.693. The SMILES string of the molecule is CC(C)(C)c1cc(N)cc(C2(C)CC2)c1. The predicted molar refractivity (Wildman–Crippen MR) is 66.1 cm³/mol. The largest absolute Gasteiger partial charge is 0.399 e. The van der Waals surface area contributed by atoms with E-state index >= 15 is 0 Å². The molecule has 82 valence electrons. The number of benzene rings is 1. The van der Waals surface area contributed by atoms with Crippen molar-refractivity contribution in [3.63, 3.8) is 0 Å². The van der Waals surface area contributed by atoms with E-state index in [0.717, 1.165) is 5.69 Å². The molecule has 1 aliphatic carbocycles. The van der Waals surface area contributed by atoms with Gasteiger partial charge in [0, 0.05) is 5.69 Å². The van der Waals surface area contributed by atoms with Gasteiger partial charge < -0.3 is 5.73 Å². The normalized spacial score (nSPS) is 18.9. The van der Waals surface area contributed by atoms with Crippen LogP contribution in [-0.4, -0.2) is 0 Å².